The van der Waals surface area contributed by atoms with Gasteiger partial charge in [0.2, 0.25) is 0 Å². The number of hydrogen-bond donors (Lipinski definition) is 0. The van der Waals surface area contributed by atoms with Crippen LogP contribution in [0, 0.1) is 5.92 Å². The average molecular weight is 282 g/mol. The maximum atomic E-state index is 5.21. The summed E-state index contributed by atoms with van der Waals surface area (Å²) in [6.45, 7) is 6.88. The van der Waals surface area contributed by atoms with Gasteiger partial charge in [-0.15, -0.1) is 0 Å². The minimum atomic E-state index is 0.676. The maximum absolute atomic E-state index is 5.21. The highest BCUT2D eigenvalue weighted by atomic mass is 16.5. The molecular weight excluding hydrogens is 256 g/mol. The van der Waals surface area contributed by atoms with Gasteiger partial charge in [-0.1, -0.05) is 57.2 Å². The van der Waals surface area contributed by atoms with Crippen molar-refractivity contribution in [3.63, 3.8) is 0 Å². The molecule has 0 fully saturated rings. The zero-order valence-electron chi connectivity index (χ0n) is 13.6. The molecule has 1 heteroatoms. The smallest absolute Gasteiger partial charge is 0.118 e. The minimum absolute atomic E-state index is 0.676. The molecule has 2 rings (SSSR count). The predicted octanol–water partition coefficient (Wildman–Crippen LogP) is 5.90. The van der Waals surface area contributed by atoms with Gasteiger partial charge in [-0.2, -0.15) is 0 Å². The van der Waals surface area contributed by atoms with Crippen molar-refractivity contribution in [1.82, 2.24) is 0 Å². The molecule has 0 aromatic heterocycles. The molecule has 0 bridgehead atoms. The van der Waals surface area contributed by atoms with E-state index in [9.17, 15) is 0 Å². The zero-order valence-corrected chi connectivity index (χ0v) is 13.6. The van der Waals surface area contributed by atoms with Crippen LogP contribution in [0.1, 0.15) is 45.1 Å². The van der Waals surface area contributed by atoms with E-state index in [4.69, 9.17) is 4.74 Å². The lowest BCUT2D eigenvalue weighted by Gasteiger charge is -2.18. The monoisotopic (exact) mass is 282 g/mol. The number of hydrogen-bond acceptors (Lipinski definition) is 1. The standard InChI is InChI=1S/C20H26O/c1-5-16(14-15(2)3)17-6-8-18(9-7-17)19-10-12-20(21-4)13-11-19/h6-13,15-16H,5,14H2,1-4H3/t16-/m1/s1. The van der Waals surface area contributed by atoms with Gasteiger partial charge in [0.05, 0.1) is 7.11 Å². The number of rotatable bonds is 6. The van der Waals surface area contributed by atoms with Crippen LogP contribution in [0.15, 0.2) is 48.5 Å². The zero-order chi connectivity index (χ0) is 15.2. The summed E-state index contributed by atoms with van der Waals surface area (Å²) in [5, 5.41) is 0. The van der Waals surface area contributed by atoms with Gasteiger partial charge < -0.3 is 4.74 Å². The van der Waals surface area contributed by atoms with E-state index in [0.29, 0.717) is 5.92 Å². The summed E-state index contributed by atoms with van der Waals surface area (Å²) in [4.78, 5) is 0. The van der Waals surface area contributed by atoms with Gasteiger partial charge >= 0.3 is 0 Å². The summed E-state index contributed by atoms with van der Waals surface area (Å²) in [5.41, 5.74) is 3.96. The molecule has 0 saturated carbocycles. The molecule has 2 aromatic rings. The van der Waals surface area contributed by atoms with Crippen LogP contribution < -0.4 is 4.74 Å². The fourth-order valence-corrected chi connectivity index (χ4v) is 2.84. The molecule has 1 atom stereocenters. The first-order chi connectivity index (χ1) is 10.1. The van der Waals surface area contributed by atoms with E-state index < -0.39 is 0 Å². The Balaban J connectivity index is 2.17. The normalized spacial score (nSPS) is 12.4. The van der Waals surface area contributed by atoms with Gasteiger partial charge in [-0.05, 0) is 53.5 Å². The fourth-order valence-electron chi connectivity index (χ4n) is 2.84. The molecule has 0 unspecified atom stereocenters. The second-order valence-corrected chi connectivity index (χ2v) is 6.09. The Morgan fingerprint density at radius 2 is 1.38 bits per heavy atom. The van der Waals surface area contributed by atoms with E-state index in [0.717, 1.165) is 11.7 Å². The quantitative estimate of drug-likeness (QED) is 0.640. The van der Waals surface area contributed by atoms with E-state index in [1.54, 1.807) is 7.11 Å². The molecule has 21 heavy (non-hydrogen) atoms. The molecule has 0 aliphatic rings. The Bertz CT molecular complexity index is 537. The molecule has 1 nitrogen and oxygen atoms in total. The molecule has 0 spiro atoms. The van der Waals surface area contributed by atoms with Gasteiger partial charge in [-0.3, -0.25) is 0 Å². The molecule has 0 heterocycles. The number of methoxy groups -OCH3 is 1. The van der Waals surface area contributed by atoms with Crippen LogP contribution in [-0.2, 0) is 0 Å². The second-order valence-electron chi connectivity index (χ2n) is 6.09. The van der Waals surface area contributed by atoms with Crippen molar-refractivity contribution in [1.29, 1.82) is 0 Å². The van der Waals surface area contributed by atoms with Crippen molar-refractivity contribution in [3.05, 3.63) is 54.1 Å². The van der Waals surface area contributed by atoms with Crippen LogP contribution in [0.25, 0.3) is 11.1 Å². The molecular formula is C20H26O. The Labute approximate surface area is 129 Å². The highest BCUT2D eigenvalue weighted by molar-refractivity contribution is 5.64. The third-order valence-electron chi connectivity index (χ3n) is 4.05. The first-order valence-corrected chi connectivity index (χ1v) is 7.88. The fraction of sp³-hybridized carbons (Fsp3) is 0.400. The molecule has 112 valence electrons. The van der Waals surface area contributed by atoms with E-state index in [2.05, 4.69) is 57.2 Å². The largest absolute Gasteiger partial charge is 0.497 e. The van der Waals surface area contributed by atoms with Crippen LogP contribution in [0.3, 0.4) is 0 Å². The lowest BCUT2D eigenvalue weighted by Crippen LogP contribution is -2.01. The molecule has 0 aliphatic heterocycles. The van der Waals surface area contributed by atoms with Gasteiger partial charge in [0.15, 0.2) is 0 Å². The number of benzene rings is 2. The average Bonchev–Trinajstić information content (AvgIpc) is 2.53. The second kappa shape index (κ2) is 7.31. The summed E-state index contributed by atoms with van der Waals surface area (Å²) >= 11 is 0. The van der Waals surface area contributed by atoms with Crippen LogP contribution in [0.5, 0.6) is 5.75 Å². The van der Waals surface area contributed by atoms with E-state index in [-0.39, 0.29) is 0 Å². The maximum Gasteiger partial charge on any atom is 0.118 e. The van der Waals surface area contributed by atoms with Crippen molar-refractivity contribution in [2.45, 2.75) is 39.5 Å². The van der Waals surface area contributed by atoms with Crippen molar-refractivity contribution < 1.29 is 4.74 Å². The van der Waals surface area contributed by atoms with Crippen molar-refractivity contribution >= 4 is 0 Å². The Hall–Kier alpha value is -1.76. The number of ether oxygens (including phenoxy) is 1. The lowest BCUT2D eigenvalue weighted by atomic mass is 9.87. The topological polar surface area (TPSA) is 9.23 Å². The van der Waals surface area contributed by atoms with Crippen LogP contribution in [0.2, 0.25) is 0 Å². The summed E-state index contributed by atoms with van der Waals surface area (Å²) < 4.78 is 5.21. The Morgan fingerprint density at radius 1 is 0.857 bits per heavy atom. The minimum Gasteiger partial charge on any atom is -0.497 e. The van der Waals surface area contributed by atoms with Gasteiger partial charge in [0.25, 0.3) is 0 Å². The lowest BCUT2D eigenvalue weighted by molar-refractivity contribution is 0.415. The molecule has 0 amide bonds. The molecule has 0 aliphatic carbocycles. The Kier molecular flexibility index (Phi) is 5.44. The van der Waals surface area contributed by atoms with Crippen molar-refractivity contribution in [3.8, 4) is 16.9 Å². The van der Waals surface area contributed by atoms with Crippen molar-refractivity contribution in [2.75, 3.05) is 7.11 Å². The molecule has 0 saturated heterocycles. The highest BCUT2D eigenvalue weighted by Gasteiger charge is 2.11. The van der Waals surface area contributed by atoms with Crippen LogP contribution in [0.4, 0.5) is 0 Å². The summed E-state index contributed by atoms with van der Waals surface area (Å²) in [7, 11) is 1.70. The molecule has 0 N–H and O–H groups in total. The summed E-state index contributed by atoms with van der Waals surface area (Å²) in [5.74, 6) is 2.32. The molecule has 2 aromatic carbocycles. The molecule has 0 radical (unpaired) electrons. The van der Waals surface area contributed by atoms with Crippen LogP contribution in [-0.4, -0.2) is 7.11 Å². The summed E-state index contributed by atoms with van der Waals surface area (Å²) in [6.07, 6.45) is 2.47. The van der Waals surface area contributed by atoms with E-state index >= 15 is 0 Å². The van der Waals surface area contributed by atoms with Crippen LogP contribution >= 0.6 is 0 Å². The third kappa shape index (κ3) is 4.10. The van der Waals surface area contributed by atoms with E-state index in [1.165, 1.54) is 29.5 Å². The SMILES string of the molecule is CC[C@H](CC(C)C)c1ccc(-c2ccc(OC)cc2)cc1. The van der Waals surface area contributed by atoms with Crippen molar-refractivity contribution in [2.24, 2.45) is 5.92 Å². The van der Waals surface area contributed by atoms with Gasteiger partial charge in [-0.25, -0.2) is 0 Å². The first kappa shape index (κ1) is 15.6. The summed E-state index contributed by atoms with van der Waals surface area (Å²) in [6, 6.07) is 17.3. The third-order valence-corrected chi connectivity index (χ3v) is 4.05. The van der Waals surface area contributed by atoms with Gasteiger partial charge in [0.1, 0.15) is 5.75 Å². The first-order valence-electron chi connectivity index (χ1n) is 7.88. The Morgan fingerprint density at radius 3 is 1.81 bits per heavy atom. The van der Waals surface area contributed by atoms with E-state index in [1.807, 2.05) is 12.1 Å². The predicted molar refractivity (Wildman–Crippen MR) is 90.9 cm³/mol. The highest BCUT2D eigenvalue weighted by Crippen LogP contribution is 2.29. The van der Waals surface area contributed by atoms with Gasteiger partial charge in [0, 0.05) is 0 Å².